The molecule has 2 aliphatic heterocycles. The quantitative estimate of drug-likeness (QED) is 0.602. The Bertz CT molecular complexity index is 832. The third-order valence-electron chi connectivity index (χ3n) is 5.29. The minimum Gasteiger partial charge on any atom is -0.378 e. The highest BCUT2D eigenvalue weighted by molar-refractivity contribution is 5.80. The third kappa shape index (κ3) is 4.68. The Morgan fingerprint density at radius 3 is 2.90 bits per heavy atom. The fourth-order valence-electron chi connectivity index (χ4n) is 3.78. The van der Waals surface area contributed by atoms with Crippen molar-refractivity contribution in [3.63, 3.8) is 0 Å². The first-order valence-corrected chi connectivity index (χ1v) is 10.1. The van der Waals surface area contributed by atoms with Crippen molar-refractivity contribution in [2.45, 2.75) is 12.6 Å². The van der Waals surface area contributed by atoms with Gasteiger partial charge >= 0.3 is 0 Å². The summed E-state index contributed by atoms with van der Waals surface area (Å²) < 4.78 is 13.2. The smallest absolute Gasteiger partial charge is 0.194 e. The Kier molecular flexibility index (Phi) is 6.26. The van der Waals surface area contributed by atoms with Gasteiger partial charge in [-0.05, 0) is 6.07 Å². The van der Waals surface area contributed by atoms with E-state index in [-0.39, 0.29) is 6.10 Å². The summed E-state index contributed by atoms with van der Waals surface area (Å²) in [6.45, 7) is 6.11. The number of rotatable bonds is 4. The predicted molar refractivity (Wildman–Crippen MR) is 111 cm³/mol. The molecule has 2 aromatic rings. The number of hydrogen-bond acceptors (Lipinski definition) is 6. The lowest BCUT2D eigenvalue weighted by atomic mass is 10.1. The summed E-state index contributed by atoms with van der Waals surface area (Å²) >= 11 is 0. The van der Waals surface area contributed by atoms with Gasteiger partial charge in [-0.25, -0.2) is 4.98 Å². The van der Waals surface area contributed by atoms with Crippen LogP contribution in [0.5, 0.6) is 0 Å². The normalized spacial score (nSPS) is 20.8. The Labute approximate surface area is 171 Å². The zero-order valence-corrected chi connectivity index (χ0v) is 17.1. The van der Waals surface area contributed by atoms with Gasteiger partial charge < -0.3 is 24.6 Å². The topological polar surface area (TPSA) is 80.0 Å². The fraction of sp³-hybridized carbons (Fsp3) is 0.550. The van der Waals surface area contributed by atoms with E-state index in [0.717, 1.165) is 62.3 Å². The van der Waals surface area contributed by atoms with Crippen molar-refractivity contribution in [2.24, 2.45) is 12.0 Å². The average Bonchev–Trinajstić information content (AvgIpc) is 3.22. The Morgan fingerprint density at radius 2 is 2.14 bits per heavy atom. The number of morpholine rings is 2. The number of ether oxygens (including phenoxy) is 2. The zero-order valence-electron chi connectivity index (χ0n) is 17.1. The van der Waals surface area contributed by atoms with Gasteiger partial charge in [-0.15, -0.1) is 0 Å². The van der Waals surface area contributed by atoms with E-state index in [2.05, 4.69) is 36.3 Å². The SMILES string of the molecule is CN=C(NCc1cccnc1N1CCOCC1)N1CCOC(c2cnn(C)c2)C1. The Hall–Kier alpha value is -2.65. The summed E-state index contributed by atoms with van der Waals surface area (Å²) in [4.78, 5) is 13.7. The molecule has 1 unspecified atom stereocenters. The van der Waals surface area contributed by atoms with E-state index in [1.165, 1.54) is 0 Å². The highest BCUT2D eigenvalue weighted by Gasteiger charge is 2.25. The minimum absolute atomic E-state index is 0.00157. The van der Waals surface area contributed by atoms with Gasteiger partial charge in [0, 0.05) is 63.8 Å². The first-order chi connectivity index (χ1) is 14.2. The van der Waals surface area contributed by atoms with Crippen LogP contribution >= 0.6 is 0 Å². The van der Waals surface area contributed by atoms with E-state index < -0.39 is 0 Å². The molecule has 9 heteroatoms. The second kappa shape index (κ2) is 9.23. The first kappa shape index (κ1) is 19.7. The van der Waals surface area contributed by atoms with Crippen LogP contribution in [-0.2, 0) is 23.1 Å². The maximum Gasteiger partial charge on any atom is 0.194 e. The van der Waals surface area contributed by atoms with E-state index >= 15 is 0 Å². The van der Waals surface area contributed by atoms with Crippen LogP contribution in [0.25, 0.3) is 0 Å². The molecule has 4 rings (SSSR count). The number of anilines is 1. The highest BCUT2D eigenvalue weighted by Crippen LogP contribution is 2.22. The predicted octanol–water partition coefficient (Wildman–Crippen LogP) is 0.801. The highest BCUT2D eigenvalue weighted by atomic mass is 16.5. The van der Waals surface area contributed by atoms with Gasteiger partial charge in [-0.2, -0.15) is 5.10 Å². The van der Waals surface area contributed by atoms with Crippen LogP contribution in [0.1, 0.15) is 17.2 Å². The van der Waals surface area contributed by atoms with E-state index in [1.807, 2.05) is 38.8 Å². The summed E-state index contributed by atoms with van der Waals surface area (Å²) in [5, 5.41) is 7.78. The molecule has 0 aliphatic carbocycles. The molecule has 1 atom stereocenters. The number of guanidine groups is 1. The van der Waals surface area contributed by atoms with Crippen LogP contribution in [0.3, 0.4) is 0 Å². The molecule has 2 saturated heterocycles. The second-order valence-corrected chi connectivity index (χ2v) is 7.24. The third-order valence-corrected chi connectivity index (χ3v) is 5.29. The van der Waals surface area contributed by atoms with Crippen LogP contribution in [0.2, 0.25) is 0 Å². The molecule has 0 saturated carbocycles. The zero-order chi connectivity index (χ0) is 20.1. The van der Waals surface area contributed by atoms with Crippen LogP contribution in [0.4, 0.5) is 5.82 Å². The summed E-state index contributed by atoms with van der Waals surface area (Å²) in [7, 11) is 3.74. The number of aromatic nitrogens is 3. The molecule has 2 aliphatic rings. The molecule has 156 valence electrons. The lowest BCUT2D eigenvalue weighted by Gasteiger charge is -2.35. The summed E-state index contributed by atoms with van der Waals surface area (Å²) in [5.74, 6) is 1.90. The van der Waals surface area contributed by atoms with Crippen molar-refractivity contribution < 1.29 is 9.47 Å². The molecule has 2 fully saturated rings. The van der Waals surface area contributed by atoms with Gasteiger partial charge in [-0.3, -0.25) is 9.67 Å². The largest absolute Gasteiger partial charge is 0.378 e. The number of hydrogen-bond donors (Lipinski definition) is 1. The van der Waals surface area contributed by atoms with Crippen LogP contribution in [0, 0.1) is 0 Å². The van der Waals surface area contributed by atoms with Gasteiger partial charge in [0.25, 0.3) is 0 Å². The molecule has 2 aromatic heterocycles. The van der Waals surface area contributed by atoms with Crippen molar-refractivity contribution in [2.75, 3.05) is 57.9 Å². The first-order valence-electron chi connectivity index (χ1n) is 10.1. The average molecular weight is 399 g/mol. The molecule has 4 heterocycles. The lowest BCUT2D eigenvalue weighted by molar-refractivity contribution is -0.00805. The Morgan fingerprint density at radius 1 is 1.28 bits per heavy atom. The van der Waals surface area contributed by atoms with E-state index in [4.69, 9.17) is 9.47 Å². The number of nitrogens with one attached hydrogen (secondary N) is 1. The van der Waals surface area contributed by atoms with Gasteiger partial charge in [-0.1, -0.05) is 6.07 Å². The summed E-state index contributed by atoms with van der Waals surface area (Å²) in [6.07, 6.45) is 5.73. The van der Waals surface area contributed by atoms with E-state index in [9.17, 15) is 0 Å². The molecule has 1 N–H and O–H groups in total. The maximum absolute atomic E-state index is 5.96. The molecule has 0 amide bonds. The van der Waals surface area contributed by atoms with E-state index in [1.54, 1.807) is 4.68 Å². The molecular weight excluding hydrogens is 370 g/mol. The van der Waals surface area contributed by atoms with Crippen molar-refractivity contribution in [3.05, 3.63) is 41.9 Å². The molecule has 0 bridgehead atoms. The number of aliphatic imine (C=N–C) groups is 1. The fourth-order valence-corrected chi connectivity index (χ4v) is 3.78. The summed E-state index contributed by atoms with van der Waals surface area (Å²) in [6, 6.07) is 4.10. The molecule has 29 heavy (non-hydrogen) atoms. The number of aryl methyl sites for hydroxylation is 1. The van der Waals surface area contributed by atoms with Crippen LogP contribution < -0.4 is 10.2 Å². The van der Waals surface area contributed by atoms with Crippen molar-refractivity contribution >= 4 is 11.8 Å². The van der Waals surface area contributed by atoms with Gasteiger partial charge in [0.15, 0.2) is 5.96 Å². The van der Waals surface area contributed by atoms with E-state index in [0.29, 0.717) is 13.2 Å². The molecule has 9 nitrogen and oxygen atoms in total. The molecule has 0 aromatic carbocycles. The maximum atomic E-state index is 5.96. The standard InChI is InChI=1S/C20H29N7O2/c1-21-20(27-8-11-29-18(15-27)17-13-24-25(2)14-17)23-12-16-4-3-5-22-19(16)26-6-9-28-10-7-26/h3-5,13-14,18H,6-12,15H2,1-2H3,(H,21,23). The van der Waals surface area contributed by atoms with Gasteiger partial charge in [0.2, 0.25) is 0 Å². The number of nitrogens with zero attached hydrogens (tertiary/aromatic N) is 6. The second-order valence-electron chi connectivity index (χ2n) is 7.24. The minimum atomic E-state index is -0.00157. The monoisotopic (exact) mass is 399 g/mol. The van der Waals surface area contributed by atoms with Crippen molar-refractivity contribution in [3.8, 4) is 0 Å². The van der Waals surface area contributed by atoms with Crippen LogP contribution in [-0.4, -0.2) is 78.7 Å². The lowest BCUT2D eigenvalue weighted by Crippen LogP contribution is -2.48. The van der Waals surface area contributed by atoms with Crippen molar-refractivity contribution in [1.29, 1.82) is 0 Å². The van der Waals surface area contributed by atoms with Crippen LogP contribution in [0.15, 0.2) is 35.7 Å². The van der Waals surface area contributed by atoms with Crippen molar-refractivity contribution in [1.82, 2.24) is 25.0 Å². The Balaban J connectivity index is 1.41. The van der Waals surface area contributed by atoms with Gasteiger partial charge in [0.05, 0.1) is 32.6 Å². The molecule has 0 spiro atoms. The molecular formula is C20H29N7O2. The molecule has 0 radical (unpaired) electrons. The van der Waals surface area contributed by atoms with Gasteiger partial charge in [0.1, 0.15) is 11.9 Å². The number of pyridine rings is 1. The summed E-state index contributed by atoms with van der Waals surface area (Å²) in [5.41, 5.74) is 2.25.